The van der Waals surface area contributed by atoms with Crippen LogP contribution in [-0.2, 0) is 16.6 Å². The van der Waals surface area contributed by atoms with Gasteiger partial charge in [0, 0.05) is 18.2 Å². The Morgan fingerprint density at radius 2 is 1.84 bits per heavy atom. The molecule has 1 amide bonds. The van der Waals surface area contributed by atoms with Gasteiger partial charge in [0.25, 0.3) is 5.91 Å². The van der Waals surface area contributed by atoms with Crippen molar-refractivity contribution in [1.82, 2.24) is 10.0 Å². The van der Waals surface area contributed by atoms with E-state index in [1.54, 1.807) is 19.1 Å². The monoisotopic (exact) mass is 360 g/mol. The van der Waals surface area contributed by atoms with Crippen LogP contribution >= 0.6 is 0 Å². The molecule has 0 radical (unpaired) electrons. The topological polar surface area (TPSA) is 75.3 Å². The van der Waals surface area contributed by atoms with Crippen molar-refractivity contribution in [2.45, 2.75) is 44.7 Å². The highest BCUT2D eigenvalue weighted by Gasteiger charge is 2.18. The van der Waals surface area contributed by atoms with Crippen LogP contribution in [0, 0.1) is 6.92 Å². The molecule has 0 bridgehead atoms. The summed E-state index contributed by atoms with van der Waals surface area (Å²) in [5.74, 6) is -0.304. The molecule has 0 aliphatic carbocycles. The molecule has 1 atom stereocenters. The summed E-state index contributed by atoms with van der Waals surface area (Å²) in [4.78, 5) is 12.4. The molecule has 0 heterocycles. The summed E-state index contributed by atoms with van der Waals surface area (Å²) in [6.45, 7) is 6.09. The Morgan fingerprint density at radius 3 is 2.52 bits per heavy atom. The molecular formula is C19H24N2O3S. The maximum atomic E-state index is 12.4. The van der Waals surface area contributed by atoms with E-state index in [1.165, 1.54) is 12.1 Å². The van der Waals surface area contributed by atoms with Gasteiger partial charge in [0.05, 0.1) is 4.90 Å². The fourth-order valence-corrected chi connectivity index (χ4v) is 3.70. The summed E-state index contributed by atoms with van der Waals surface area (Å²) in [7, 11) is -3.63. The Bertz CT molecular complexity index is 847. The molecule has 2 rings (SSSR count). The van der Waals surface area contributed by atoms with Crippen molar-refractivity contribution in [3.05, 3.63) is 65.2 Å². The normalized spacial score (nSPS) is 12.6. The first kappa shape index (κ1) is 19.1. The van der Waals surface area contributed by atoms with Gasteiger partial charge in [-0.2, -0.15) is 0 Å². The van der Waals surface area contributed by atoms with Crippen molar-refractivity contribution in [2.75, 3.05) is 0 Å². The second kappa shape index (κ2) is 8.27. The van der Waals surface area contributed by atoms with E-state index in [-0.39, 0.29) is 16.8 Å². The molecule has 0 fully saturated rings. The molecule has 6 heteroatoms. The van der Waals surface area contributed by atoms with Gasteiger partial charge < -0.3 is 5.32 Å². The first-order valence-corrected chi connectivity index (χ1v) is 9.76. The van der Waals surface area contributed by atoms with E-state index in [1.807, 2.05) is 38.1 Å². The fourth-order valence-electron chi connectivity index (χ4n) is 2.33. The lowest BCUT2D eigenvalue weighted by Crippen LogP contribution is -2.32. The lowest BCUT2D eigenvalue weighted by Gasteiger charge is -2.13. The highest BCUT2D eigenvalue weighted by molar-refractivity contribution is 7.89. The zero-order valence-electron chi connectivity index (χ0n) is 14.7. The van der Waals surface area contributed by atoms with Gasteiger partial charge in [-0.05, 0) is 44.0 Å². The number of sulfonamides is 1. The summed E-state index contributed by atoms with van der Waals surface area (Å²) in [6, 6.07) is 13.8. The summed E-state index contributed by atoms with van der Waals surface area (Å²) < 4.78 is 27.3. The lowest BCUT2D eigenvalue weighted by atomic mass is 10.1. The largest absolute Gasteiger partial charge is 0.348 e. The second-order valence-corrected chi connectivity index (χ2v) is 7.84. The van der Waals surface area contributed by atoms with E-state index >= 15 is 0 Å². The van der Waals surface area contributed by atoms with E-state index in [0.29, 0.717) is 18.5 Å². The third-order valence-corrected chi connectivity index (χ3v) is 5.50. The van der Waals surface area contributed by atoms with Gasteiger partial charge in [-0.3, -0.25) is 4.79 Å². The summed E-state index contributed by atoms with van der Waals surface area (Å²) in [6.07, 6.45) is 0.690. The number of benzene rings is 2. The molecule has 0 saturated heterocycles. The highest BCUT2D eigenvalue weighted by atomic mass is 32.2. The molecule has 1 unspecified atom stereocenters. The molecule has 0 aliphatic heterocycles. The number of aryl methyl sites for hydroxylation is 1. The molecule has 5 nitrogen and oxygen atoms in total. The van der Waals surface area contributed by atoms with E-state index in [4.69, 9.17) is 0 Å². The van der Waals surface area contributed by atoms with Crippen LogP contribution in [-0.4, -0.2) is 20.4 Å². The molecule has 0 aliphatic rings. The summed E-state index contributed by atoms with van der Waals surface area (Å²) >= 11 is 0. The van der Waals surface area contributed by atoms with Gasteiger partial charge in [0.15, 0.2) is 0 Å². The fraction of sp³-hybridized carbons (Fsp3) is 0.316. The number of nitrogens with one attached hydrogen (secondary N) is 2. The first-order valence-electron chi connectivity index (χ1n) is 8.28. The Labute approximate surface area is 149 Å². The smallest absolute Gasteiger partial charge is 0.251 e. The van der Waals surface area contributed by atoms with Crippen molar-refractivity contribution in [3.63, 3.8) is 0 Å². The summed E-state index contributed by atoms with van der Waals surface area (Å²) in [5.41, 5.74) is 2.44. The van der Waals surface area contributed by atoms with Gasteiger partial charge >= 0.3 is 0 Å². The quantitative estimate of drug-likeness (QED) is 0.797. The van der Waals surface area contributed by atoms with Crippen LogP contribution in [0.15, 0.2) is 53.4 Å². The van der Waals surface area contributed by atoms with Gasteiger partial charge in [-0.15, -0.1) is 0 Å². The Balaban J connectivity index is 2.11. The SMILES string of the molecule is CCC(C)NS(=O)(=O)c1cccc(C(=O)NCc2cccc(C)c2)c1. The van der Waals surface area contributed by atoms with Crippen LogP contribution in [0.4, 0.5) is 0 Å². The van der Waals surface area contributed by atoms with Crippen LogP contribution in [0.5, 0.6) is 0 Å². The minimum absolute atomic E-state index is 0.0935. The number of hydrogen-bond donors (Lipinski definition) is 2. The maximum Gasteiger partial charge on any atom is 0.251 e. The van der Waals surface area contributed by atoms with Crippen molar-refractivity contribution in [2.24, 2.45) is 0 Å². The Morgan fingerprint density at radius 1 is 1.12 bits per heavy atom. The number of carbonyl (C=O) groups is 1. The van der Waals surface area contributed by atoms with E-state index in [0.717, 1.165) is 11.1 Å². The average Bonchev–Trinajstić information content (AvgIpc) is 2.59. The molecule has 0 spiro atoms. The lowest BCUT2D eigenvalue weighted by molar-refractivity contribution is 0.0950. The molecule has 2 N–H and O–H groups in total. The van der Waals surface area contributed by atoms with Gasteiger partial charge in [0.1, 0.15) is 0 Å². The van der Waals surface area contributed by atoms with Gasteiger partial charge in [0.2, 0.25) is 10.0 Å². The van der Waals surface area contributed by atoms with Gasteiger partial charge in [-0.25, -0.2) is 13.1 Å². The highest BCUT2D eigenvalue weighted by Crippen LogP contribution is 2.13. The van der Waals surface area contributed by atoms with Crippen LogP contribution in [0.3, 0.4) is 0 Å². The third kappa shape index (κ3) is 5.41. The molecule has 25 heavy (non-hydrogen) atoms. The zero-order valence-corrected chi connectivity index (χ0v) is 15.6. The van der Waals surface area contributed by atoms with E-state index < -0.39 is 10.0 Å². The molecular weight excluding hydrogens is 336 g/mol. The van der Waals surface area contributed by atoms with Crippen LogP contribution < -0.4 is 10.0 Å². The van der Waals surface area contributed by atoms with Crippen LogP contribution in [0.1, 0.15) is 41.8 Å². The summed E-state index contributed by atoms with van der Waals surface area (Å²) in [5, 5.41) is 2.82. The third-order valence-electron chi connectivity index (χ3n) is 3.91. The number of amides is 1. The number of hydrogen-bond acceptors (Lipinski definition) is 3. The predicted molar refractivity (Wildman–Crippen MR) is 98.9 cm³/mol. The molecule has 134 valence electrons. The second-order valence-electron chi connectivity index (χ2n) is 6.13. The first-order chi connectivity index (χ1) is 11.8. The molecule has 2 aromatic rings. The maximum absolute atomic E-state index is 12.4. The van der Waals surface area contributed by atoms with Crippen LogP contribution in [0.25, 0.3) is 0 Å². The van der Waals surface area contributed by atoms with Crippen molar-refractivity contribution in [3.8, 4) is 0 Å². The van der Waals surface area contributed by atoms with E-state index in [2.05, 4.69) is 10.0 Å². The molecule has 0 aromatic heterocycles. The average molecular weight is 360 g/mol. The number of rotatable bonds is 7. The standard InChI is InChI=1S/C19H24N2O3S/c1-4-15(3)21-25(23,24)18-10-6-9-17(12-18)19(22)20-13-16-8-5-7-14(2)11-16/h5-12,15,21H,4,13H2,1-3H3,(H,20,22). The van der Waals surface area contributed by atoms with Crippen molar-refractivity contribution < 1.29 is 13.2 Å². The van der Waals surface area contributed by atoms with Crippen LogP contribution in [0.2, 0.25) is 0 Å². The molecule has 2 aromatic carbocycles. The van der Waals surface area contributed by atoms with E-state index in [9.17, 15) is 13.2 Å². The zero-order chi connectivity index (χ0) is 18.4. The minimum atomic E-state index is -3.63. The Hall–Kier alpha value is -2.18. The molecule has 0 saturated carbocycles. The Kier molecular flexibility index (Phi) is 6.33. The van der Waals surface area contributed by atoms with Crippen molar-refractivity contribution >= 4 is 15.9 Å². The van der Waals surface area contributed by atoms with Gasteiger partial charge in [-0.1, -0.05) is 42.8 Å². The minimum Gasteiger partial charge on any atom is -0.348 e. The predicted octanol–water partition coefficient (Wildman–Crippen LogP) is 3.00. The van der Waals surface area contributed by atoms with Crippen molar-refractivity contribution in [1.29, 1.82) is 0 Å². The number of carbonyl (C=O) groups excluding carboxylic acids is 1.